The Hall–Kier alpha value is -1.93. The molecule has 0 aliphatic rings. The molecule has 0 fully saturated rings. The van der Waals surface area contributed by atoms with Crippen LogP contribution in [0.15, 0.2) is 50.9 Å². The van der Waals surface area contributed by atoms with Crippen molar-refractivity contribution in [1.82, 2.24) is 4.98 Å². The minimum Gasteiger partial charge on any atom is -0.481 e. The van der Waals surface area contributed by atoms with Crippen LogP contribution in [0.2, 0.25) is 0 Å². The van der Waals surface area contributed by atoms with E-state index in [0.29, 0.717) is 14.9 Å². The third kappa shape index (κ3) is 4.02. The van der Waals surface area contributed by atoms with Gasteiger partial charge in [0.2, 0.25) is 0 Å². The van der Waals surface area contributed by atoms with Crippen LogP contribution in [0.4, 0.5) is 5.69 Å². The number of carboxylic acids is 1. The number of nitro groups is 1. The van der Waals surface area contributed by atoms with Crippen molar-refractivity contribution >= 4 is 39.3 Å². The SMILES string of the molecule is O=C(O)Cc1ccc(Sc2c(Br)cncc2[N+](=O)[O-])cc1. The summed E-state index contributed by atoms with van der Waals surface area (Å²) in [5, 5.41) is 19.7. The first-order valence-electron chi connectivity index (χ1n) is 5.74. The van der Waals surface area contributed by atoms with E-state index in [1.807, 2.05) is 0 Å². The molecule has 0 amide bonds. The molecule has 8 heteroatoms. The standard InChI is InChI=1S/C13H9BrN2O4S/c14-10-6-15-7-11(16(19)20)13(10)21-9-3-1-8(2-4-9)5-12(17)18/h1-4,6-7H,5H2,(H,17,18). The van der Waals surface area contributed by atoms with Crippen LogP contribution in [-0.4, -0.2) is 21.0 Å². The van der Waals surface area contributed by atoms with E-state index in [0.717, 1.165) is 4.90 Å². The van der Waals surface area contributed by atoms with Gasteiger partial charge in [0, 0.05) is 11.1 Å². The van der Waals surface area contributed by atoms with Gasteiger partial charge in [-0.25, -0.2) is 0 Å². The minimum atomic E-state index is -0.900. The lowest BCUT2D eigenvalue weighted by Crippen LogP contribution is -1.99. The maximum absolute atomic E-state index is 11.0. The van der Waals surface area contributed by atoms with Crippen molar-refractivity contribution in [2.45, 2.75) is 16.2 Å². The number of rotatable bonds is 5. The summed E-state index contributed by atoms with van der Waals surface area (Å²) in [4.78, 5) is 26.2. The minimum absolute atomic E-state index is 0.0515. The van der Waals surface area contributed by atoms with Gasteiger partial charge in [-0.05, 0) is 33.6 Å². The molecular formula is C13H9BrN2O4S. The molecule has 2 aromatic rings. The van der Waals surface area contributed by atoms with E-state index in [1.165, 1.54) is 24.2 Å². The van der Waals surface area contributed by atoms with Crippen LogP contribution in [0, 0.1) is 10.1 Å². The number of aliphatic carboxylic acids is 1. The number of hydrogen-bond acceptors (Lipinski definition) is 5. The Labute approximate surface area is 132 Å². The second-order valence-corrected chi connectivity index (χ2v) is 5.98. The van der Waals surface area contributed by atoms with Gasteiger partial charge in [-0.1, -0.05) is 23.9 Å². The summed E-state index contributed by atoms with van der Waals surface area (Å²) < 4.78 is 0.538. The average Bonchev–Trinajstić information content (AvgIpc) is 2.42. The van der Waals surface area contributed by atoms with E-state index >= 15 is 0 Å². The summed E-state index contributed by atoms with van der Waals surface area (Å²) >= 11 is 4.48. The average molecular weight is 369 g/mol. The Morgan fingerprint density at radius 1 is 1.33 bits per heavy atom. The monoisotopic (exact) mass is 368 g/mol. The van der Waals surface area contributed by atoms with Gasteiger partial charge in [-0.2, -0.15) is 0 Å². The van der Waals surface area contributed by atoms with Gasteiger partial charge in [-0.3, -0.25) is 19.9 Å². The number of hydrogen-bond donors (Lipinski definition) is 1. The van der Waals surface area contributed by atoms with Crippen LogP contribution < -0.4 is 0 Å². The molecule has 1 heterocycles. The highest BCUT2D eigenvalue weighted by Crippen LogP contribution is 2.39. The smallest absolute Gasteiger partial charge is 0.307 e. The second-order valence-electron chi connectivity index (χ2n) is 4.04. The number of halogens is 1. The first-order chi connectivity index (χ1) is 9.97. The molecule has 21 heavy (non-hydrogen) atoms. The molecule has 1 N–H and O–H groups in total. The molecular weight excluding hydrogens is 360 g/mol. The lowest BCUT2D eigenvalue weighted by Gasteiger charge is -2.05. The van der Waals surface area contributed by atoms with Gasteiger partial charge in [0.05, 0.1) is 15.8 Å². The highest BCUT2D eigenvalue weighted by atomic mass is 79.9. The first-order valence-corrected chi connectivity index (χ1v) is 7.35. The Morgan fingerprint density at radius 2 is 2.00 bits per heavy atom. The number of carboxylic acid groups (broad SMARTS) is 1. The van der Waals surface area contributed by atoms with Crippen LogP contribution in [0.3, 0.4) is 0 Å². The molecule has 0 saturated heterocycles. The topological polar surface area (TPSA) is 93.3 Å². The molecule has 108 valence electrons. The van der Waals surface area contributed by atoms with E-state index in [2.05, 4.69) is 20.9 Å². The summed E-state index contributed by atoms with van der Waals surface area (Å²) in [6.07, 6.45) is 2.64. The summed E-state index contributed by atoms with van der Waals surface area (Å²) in [5.41, 5.74) is 0.596. The molecule has 0 aliphatic heterocycles. The van der Waals surface area contributed by atoms with Crippen molar-refractivity contribution in [3.8, 4) is 0 Å². The summed E-state index contributed by atoms with van der Waals surface area (Å²) in [6, 6.07) is 6.85. The summed E-state index contributed by atoms with van der Waals surface area (Å²) in [6.45, 7) is 0. The van der Waals surface area contributed by atoms with Gasteiger partial charge < -0.3 is 5.11 Å². The normalized spacial score (nSPS) is 10.3. The number of aromatic nitrogens is 1. The van der Waals surface area contributed by atoms with Gasteiger partial charge >= 0.3 is 11.7 Å². The van der Waals surface area contributed by atoms with Crippen molar-refractivity contribution in [1.29, 1.82) is 0 Å². The Balaban J connectivity index is 2.26. The Bertz CT molecular complexity index is 691. The van der Waals surface area contributed by atoms with E-state index in [-0.39, 0.29) is 12.1 Å². The third-order valence-electron chi connectivity index (χ3n) is 2.53. The molecule has 0 unspecified atom stereocenters. The molecule has 2 rings (SSSR count). The van der Waals surface area contributed by atoms with E-state index in [9.17, 15) is 14.9 Å². The molecule has 0 saturated carbocycles. The fraction of sp³-hybridized carbons (Fsp3) is 0.0769. The first kappa shape index (κ1) is 15.5. The fourth-order valence-corrected chi connectivity index (χ4v) is 3.07. The highest BCUT2D eigenvalue weighted by molar-refractivity contribution is 9.10. The Morgan fingerprint density at radius 3 is 2.57 bits per heavy atom. The van der Waals surface area contributed by atoms with Crippen LogP contribution in [0.25, 0.3) is 0 Å². The van der Waals surface area contributed by atoms with Crippen LogP contribution in [0.5, 0.6) is 0 Å². The number of benzene rings is 1. The van der Waals surface area contributed by atoms with E-state index in [1.54, 1.807) is 24.3 Å². The number of carbonyl (C=O) groups is 1. The van der Waals surface area contributed by atoms with Gasteiger partial charge in [0.1, 0.15) is 11.1 Å². The van der Waals surface area contributed by atoms with Crippen molar-refractivity contribution in [3.05, 3.63) is 56.8 Å². The molecule has 1 aromatic carbocycles. The van der Waals surface area contributed by atoms with Crippen molar-refractivity contribution in [2.75, 3.05) is 0 Å². The molecule has 6 nitrogen and oxygen atoms in total. The Kier molecular flexibility index (Phi) is 4.92. The quantitative estimate of drug-likeness (QED) is 0.640. The van der Waals surface area contributed by atoms with Crippen molar-refractivity contribution in [3.63, 3.8) is 0 Å². The molecule has 0 bridgehead atoms. The largest absolute Gasteiger partial charge is 0.481 e. The zero-order valence-corrected chi connectivity index (χ0v) is 12.9. The van der Waals surface area contributed by atoms with Gasteiger partial charge in [0.25, 0.3) is 0 Å². The second kappa shape index (κ2) is 6.68. The maximum atomic E-state index is 11.0. The predicted octanol–water partition coefficient (Wildman–Crippen LogP) is 3.53. The highest BCUT2D eigenvalue weighted by Gasteiger charge is 2.18. The lowest BCUT2D eigenvalue weighted by molar-refractivity contribution is -0.388. The van der Waals surface area contributed by atoms with Crippen molar-refractivity contribution in [2.24, 2.45) is 0 Å². The van der Waals surface area contributed by atoms with E-state index in [4.69, 9.17) is 5.11 Å². The molecule has 1 aromatic heterocycles. The number of pyridine rings is 1. The van der Waals surface area contributed by atoms with Crippen LogP contribution in [-0.2, 0) is 11.2 Å². The van der Waals surface area contributed by atoms with Crippen LogP contribution in [0.1, 0.15) is 5.56 Å². The molecule has 0 spiro atoms. The predicted molar refractivity (Wildman–Crippen MR) is 80.5 cm³/mol. The zero-order valence-electron chi connectivity index (χ0n) is 10.5. The van der Waals surface area contributed by atoms with Crippen molar-refractivity contribution < 1.29 is 14.8 Å². The number of nitrogens with zero attached hydrogens (tertiary/aromatic N) is 2. The lowest BCUT2D eigenvalue weighted by atomic mass is 10.2. The van der Waals surface area contributed by atoms with E-state index < -0.39 is 10.9 Å². The molecule has 0 radical (unpaired) electrons. The molecule has 0 aliphatic carbocycles. The maximum Gasteiger partial charge on any atom is 0.307 e. The zero-order chi connectivity index (χ0) is 15.4. The van der Waals surface area contributed by atoms with Gasteiger partial charge in [-0.15, -0.1) is 0 Å². The fourth-order valence-electron chi connectivity index (χ4n) is 1.61. The third-order valence-corrected chi connectivity index (χ3v) is 4.53. The molecule has 0 atom stereocenters. The van der Waals surface area contributed by atoms with Crippen LogP contribution >= 0.6 is 27.7 Å². The van der Waals surface area contributed by atoms with Gasteiger partial charge in [0.15, 0.2) is 0 Å². The summed E-state index contributed by atoms with van der Waals surface area (Å²) in [5.74, 6) is -0.900. The summed E-state index contributed by atoms with van der Waals surface area (Å²) in [7, 11) is 0.